The van der Waals surface area contributed by atoms with Crippen molar-refractivity contribution in [3.05, 3.63) is 0 Å². The van der Waals surface area contributed by atoms with Crippen LogP contribution >= 0.6 is 0 Å². The third-order valence-electron chi connectivity index (χ3n) is 0. The van der Waals surface area contributed by atoms with E-state index in [-0.39, 0.29) is 65.7 Å². The van der Waals surface area contributed by atoms with E-state index in [1.54, 1.807) is 6.92 Å². The fourth-order valence-electron chi connectivity index (χ4n) is 0. The largest absolute Gasteiger partial charge is 1.00 e. The van der Waals surface area contributed by atoms with Crippen molar-refractivity contribution in [3.8, 4) is 0 Å². The molecule has 4 nitrogen and oxygen atoms in total. The van der Waals surface area contributed by atoms with Crippen LogP contribution in [0.5, 0.6) is 0 Å². The summed E-state index contributed by atoms with van der Waals surface area (Å²) in [6, 6.07) is 0. The Bertz CT molecular complexity index is 47.8. The first-order valence-corrected chi connectivity index (χ1v) is 2.86. The van der Waals surface area contributed by atoms with Crippen molar-refractivity contribution in [2.45, 2.75) is 6.92 Å². The summed E-state index contributed by atoms with van der Waals surface area (Å²) < 4.78 is 8.52. The molecule has 0 aliphatic rings. The van der Waals surface area contributed by atoms with Gasteiger partial charge in [0.1, 0.15) is 0 Å². The number of hydrogen-bond acceptors (Lipinski definition) is 4. The number of rotatable bonds is 0. The van der Waals surface area contributed by atoms with Gasteiger partial charge in [-0.05, 0) is 6.92 Å². The normalized spacial score (nSPS) is 4.67. The molecule has 0 bridgehead atoms. The van der Waals surface area contributed by atoms with E-state index in [1.807, 2.05) is 0 Å². The Kier molecular flexibility index (Phi) is 56.4. The van der Waals surface area contributed by atoms with Crippen LogP contribution in [0.25, 0.3) is 0 Å². The van der Waals surface area contributed by atoms with Gasteiger partial charge in [-0.1, -0.05) is 0 Å². The molecule has 0 rings (SSSR count). The molecule has 0 saturated heterocycles. The first-order valence-electron chi connectivity index (χ1n) is 1.64. The van der Waals surface area contributed by atoms with Crippen molar-refractivity contribution >= 4 is 9.17 Å². The Morgan fingerprint density at radius 3 is 1.44 bits per heavy atom. The standard InChI is InChI=1S/C2H6O.2Na.O3Si/c1-2-3;;;1-4(2)3/h3H,2H2,1H3;;;/q;2*+1;-2. The van der Waals surface area contributed by atoms with Crippen LogP contribution in [0.2, 0.25) is 0 Å². The third-order valence-corrected chi connectivity index (χ3v) is 0. The Labute approximate surface area is 99.8 Å². The summed E-state index contributed by atoms with van der Waals surface area (Å²) >= 11 is 0. The second kappa shape index (κ2) is 22.7. The zero-order valence-electron chi connectivity index (χ0n) is 5.88. The van der Waals surface area contributed by atoms with Gasteiger partial charge in [-0.15, -0.1) is 0 Å². The summed E-state index contributed by atoms with van der Waals surface area (Å²) in [6.45, 7) is 1.93. The predicted molar refractivity (Wildman–Crippen MR) is 19.2 cm³/mol. The molecule has 0 unspecified atom stereocenters. The van der Waals surface area contributed by atoms with E-state index in [1.165, 1.54) is 0 Å². The second-order valence-corrected chi connectivity index (χ2v) is 1.07. The molecule has 0 aromatic rings. The Balaban J connectivity index is -0.0000000233. The van der Waals surface area contributed by atoms with Gasteiger partial charge in [0.2, 0.25) is 0 Å². The molecular formula is C2H6Na2O4Si. The van der Waals surface area contributed by atoms with Gasteiger partial charge in [0.15, 0.2) is 0 Å². The van der Waals surface area contributed by atoms with Crippen LogP contribution in [-0.4, -0.2) is 20.9 Å². The van der Waals surface area contributed by atoms with Crippen LogP contribution < -0.4 is 68.7 Å². The molecule has 0 saturated carbocycles. The second-order valence-electron chi connectivity index (χ2n) is 0.566. The van der Waals surface area contributed by atoms with Gasteiger partial charge in [-0.25, -0.2) is 0 Å². The molecule has 0 fully saturated rings. The molecule has 0 spiro atoms. The van der Waals surface area contributed by atoms with Crippen LogP contribution in [-0.2, 0) is 4.46 Å². The topological polar surface area (TPSA) is 83.4 Å². The zero-order chi connectivity index (χ0) is 6.28. The molecule has 0 aromatic carbocycles. The smallest absolute Gasteiger partial charge is 0.672 e. The van der Waals surface area contributed by atoms with Crippen molar-refractivity contribution in [3.63, 3.8) is 0 Å². The maximum Gasteiger partial charge on any atom is 1.00 e. The van der Waals surface area contributed by atoms with Gasteiger partial charge in [0.25, 0.3) is 0 Å². The molecule has 44 valence electrons. The van der Waals surface area contributed by atoms with Crippen LogP contribution in [0, 0.1) is 0 Å². The first-order chi connectivity index (χ1) is 3.15. The maximum absolute atomic E-state index is 8.52. The van der Waals surface area contributed by atoms with Gasteiger partial charge in [-0.3, -0.25) is 0 Å². The van der Waals surface area contributed by atoms with Gasteiger partial charge in [0.05, 0.1) is 0 Å². The zero-order valence-corrected chi connectivity index (χ0v) is 10.9. The van der Waals surface area contributed by atoms with Crippen molar-refractivity contribution in [1.82, 2.24) is 0 Å². The fraction of sp³-hybridized carbons (Fsp3) is 1.00. The molecule has 0 amide bonds. The summed E-state index contributed by atoms with van der Waals surface area (Å²) in [5.74, 6) is 0. The van der Waals surface area contributed by atoms with E-state index in [0.29, 0.717) is 0 Å². The predicted octanol–water partition coefficient (Wildman–Crippen LogP) is -8.87. The molecule has 0 aliphatic carbocycles. The summed E-state index contributed by atoms with van der Waals surface area (Å²) in [6.07, 6.45) is 0. The Morgan fingerprint density at radius 1 is 1.44 bits per heavy atom. The fourth-order valence-corrected chi connectivity index (χ4v) is 0. The van der Waals surface area contributed by atoms with E-state index < -0.39 is 9.17 Å². The summed E-state index contributed by atoms with van der Waals surface area (Å²) in [5, 5.41) is 7.57. The van der Waals surface area contributed by atoms with Crippen LogP contribution in [0.1, 0.15) is 6.92 Å². The molecule has 0 atom stereocenters. The van der Waals surface area contributed by atoms with E-state index in [0.717, 1.165) is 0 Å². The number of aliphatic hydroxyl groups excluding tert-OH is 1. The average molecular weight is 168 g/mol. The first kappa shape index (κ1) is 22.4. The molecule has 0 aliphatic heterocycles. The van der Waals surface area contributed by atoms with Crippen molar-refractivity contribution < 1.29 is 78.3 Å². The van der Waals surface area contributed by atoms with Crippen LogP contribution in [0.15, 0.2) is 0 Å². The van der Waals surface area contributed by atoms with Gasteiger partial charge >= 0.3 is 59.1 Å². The molecule has 0 heterocycles. The minimum Gasteiger partial charge on any atom is -0.672 e. The summed E-state index contributed by atoms with van der Waals surface area (Å²) in [5.41, 5.74) is 0. The Morgan fingerprint density at radius 2 is 1.44 bits per heavy atom. The minimum absolute atomic E-state index is 0. The number of aliphatic hydroxyl groups is 1. The van der Waals surface area contributed by atoms with Crippen LogP contribution in [0.4, 0.5) is 0 Å². The van der Waals surface area contributed by atoms with Crippen molar-refractivity contribution in [2.75, 3.05) is 6.61 Å². The Hall–Kier alpha value is 1.58. The molecule has 0 radical (unpaired) electrons. The maximum atomic E-state index is 8.52. The molecular weight excluding hydrogens is 162 g/mol. The minimum atomic E-state index is -3.63. The molecule has 1 N–H and O–H groups in total. The van der Waals surface area contributed by atoms with Crippen molar-refractivity contribution in [1.29, 1.82) is 0 Å². The SMILES string of the molecule is CCO.O=[Si]([O-])[O-].[Na+].[Na+]. The van der Waals surface area contributed by atoms with E-state index in [9.17, 15) is 0 Å². The average Bonchev–Trinajstić information content (AvgIpc) is 1.33. The van der Waals surface area contributed by atoms with Crippen molar-refractivity contribution in [2.24, 2.45) is 0 Å². The molecule has 7 heteroatoms. The quantitative estimate of drug-likeness (QED) is 0.364. The monoisotopic (exact) mass is 168 g/mol. The van der Waals surface area contributed by atoms with E-state index in [4.69, 9.17) is 19.2 Å². The van der Waals surface area contributed by atoms with Gasteiger partial charge in [-0.2, -0.15) is 0 Å². The van der Waals surface area contributed by atoms with E-state index >= 15 is 0 Å². The third kappa shape index (κ3) is 221. The molecule has 9 heavy (non-hydrogen) atoms. The van der Waals surface area contributed by atoms with Gasteiger partial charge in [0, 0.05) is 15.8 Å². The molecule has 0 aromatic heterocycles. The van der Waals surface area contributed by atoms with Gasteiger partial charge < -0.3 is 19.2 Å². The number of hydrogen-bond donors (Lipinski definition) is 1. The summed E-state index contributed by atoms with van der Waals surface area (Å²) in [4.78, 5) is 17.0. The van der Waals surface area contributed by atoms with E-state index in [2.05, 4.69) is 0 Å². The summed E-state index contributed by atoms with van der Waals surface area (Å²) in [7, 11) is -3.63. The van der Waals surface area contributed by atoms with Crippen LogP contribution in [0.3, 0.4) is 0 Å².